The maximum Gasteiger partial charge on any atom is 0.458 e. The van der Waals surface area contributed by atoms with Gasteiger partial charge >= 0.3 is 11.8 Å². The summed E-state index contributed by atoms with van der Waals surface area (Å²) in [6.45, 7) is 3.71. The fourth-order valence-electron chi connectivity index (χ4n) is 1.58. The second kappa shape index (κ2) is 4.54. The third kappa shape index (κ3) is 2.68. The Morgan fingerprint density at radius 2 is 2.00 bits per heavy atom. The van der Waals surface area contributed by atoms with Gasteiger partial charge in [0.25, 0.3) is 0 Å². The smallest absolute Gasteiger partial charge is 0.422 e. The molecule has 102 valence electrons. The predicted octanol–water partition coefficient (Wildman–Crippen LogP) is 1.05. The van der Waals surface area contributed by atoms with E-state index in [2.05, 4.69) is 9.68 Å². The van der Waals surface area contributed by atoms with Gasteiger partial charge in [-0.05, 0) is 30.6 Å². The van der Waals surface area contributed by atoms with Crippen LogP contribution < -0.4 is 10.5 Å². The van der Waals surface area contributed by atoms with Crippen molar-refractivity contribution in [3.8, 4) is 11.8 Å². The summed E-state index contributed by atoms with van der Waals surface area (Å²) in [5, 5.41) is 3.32. The summed E-state index contributed by atoms with van der Waals surface area (Å²) in [5.41, 5.74) is 1.82. The average Bonchev–Trinajstić information content (AvgIpc) is 2.63. The lowest BCUT2D eigenvalue weighted by Gasteiger charge is -2.07. The maximum absolute atomic E-state index is 11.4. The van der Waals surface area contributed by atoms with Gasteiger partial charge < -0.3 is 4.74 Å². The minimum atomic E-state index is -3.84. The molecular weight excluding hydrogens is 272 g/mol. The molecule has 0 aliphatic rings. The van der Waals surface area contributed by atoms with E-state index in [1.54, 1.807) is 19.1 Å². The molecule has 1 aromatic carbocycles. The molecule has 1 heterocycles. The topological polar surface area (TPSA) is 91.4 Å². The van der Waals surface area contributed by atoms with Crippen LogP contribution in [0.3, 0.4) is 0 Å². The van der Waals surface area contributed by atoms with Gasteiger partial charge in [0.15, 0.2) is 0 Å². The van der Waals surface area contributed by atoms with Gasteiger partial charge in [0, 0.05) is 0 Å². The first-order valence-corrected chi connectivity index (χ1v) is 7.18. The Hall–Kier alpha value is -2.09. The number of benzene rings is 1. The average molecular weight is 284 g/mol. The van der Waals surface area contributed by atoms with Crippen molar-refractivity contribution in [1.29, 1.82) is 0 Å². The Kier molecular flexibility index (Phi) is 3.19. The highest BCUT2D eigenvalue weighted by Gasteiger charge is 2.21. The van der Waals surface area contributed by atoms with Gasteiger partial charge in [-0.1, -0.05) is 17.7 Å². The molecule has 0 amide bonds. The van der Waals surface area contributed by atoms with Gasteiger partial charge in [0.1, 0.15) is 5.75 Å². The molecule has 0 aliphatic carbocycles. The molecule has 0 bridgehead atoms. The quantitative estimate of drug-likeness (QED) is 0.836. The fraction of sp³-hybridized carbons (Fsp3) is 0.273. The van der Waals surface area contributed by atoms with Crippen molar-refractivity contribution in [3.63, 3.8) is 0 Å². The summed E-state index contributed by atoms with van der Waals surface area (Å²) in [5.74, 6) is -0.710. The highest BCUT2D eigenvalue weighted by atomic mass is 32.2. The Bertz CT molecular complexity index is 773. The number of nitrogens with zero attached hydrogens (tertiary/aromatic N) is 2. The fourth-order valence-corrected chi connectivity index (χ4v) is 2.24. The van der Waals surface area contributed by atoms with Crippen LogP contribution in [0.1, 0.15) is 11.1 Å². The van der Waals surface area contributed by atoms with E-state index in [1.807, 2.05) is 13.0 Å². The van der Waals surface area contributed by atoms with Gasteiger partial charge in [0.05, 0.1) is 6.26 Å². The van der Waals surface area contributed by atoms with E-state index in [1.165, 1.54) is 0 Å². The number of hydrogen-bond donors (Lipinski definition) is 0. The SMILES string of the molecule is Cc1ccc(Oc2noc(=O)n2S(C)(=O)=O)c(C)c1. The Balaban J connectivity index is 2.48. The van der Waals surface area contributed by atoms with E-state index in [0.717, 1.165) is 17.4 Å². The third-order valence-electron chi connectivity index (χ3n) is 2.40. The molecule has 0 radical (unpaired) electrons. The molecule has 1 aromatic heterocycles. The molecule has 0 atom stereocenters. The molecule has 19 heavy (non-hydrogen) atoms. The van der Waals surface area contributed by atoms with Crippen molar-refractivity contribution >= 4 is 10.0 Å². The zero-order valence-corrected chi connectivity index (χ0v) is 11.4. The van der Waals surface area contributed by atoms with Crippen LogP contribution >= 0.6 is 0 Å². The standard InChI is InChI=1S/C11H12N2O5S/c1-7-4-5-9(8(2)6-7)17-10-12-18-11(14)13(10)19(3,15)16/h4-6H,1-3H3. The second-order valence-electron chi connectivity index (χ2n) is 4.13. The van der Waals surface area contributed by atoms with E-state index in [-0.39, 0.29) is 0 Å². The van der Waals surface area contributed by atoms with Crippen LogP contribution in [0.15, 0.2) is 27.5 Å². The molecule has 0 saturated carbocycles. The van der Waals surface area contributed by atoms with Crippen LogP contribution in [0.25, 0.3) is 0 Å². The number of aryl methyl sites for hydroxylation is 2. The number of rotatable bonds is 3. The van der Waals surface area contributed by atoms with Crippen LogP contribution in [0.4, 0.5) is 0 Å². The summed E-state index contributed by atoms with van der Waals surface area (Å²) < 4.78 is 32.9. The molecule has 2 rings (SSSR count). The van der Waals surface area contributed by atoms with Gasteiger partial charge in [-0.15, -0.1) is 3.97 Å². The molecular formula is C11H12N2O5S. The summed E-state index contributed by atoms with van der Waals surface area (Å²) >= 11 is 0. The maximum atomic E-state index is 11.4. The van der Waals surface area contributed by atoms with Gasteiger partial charge in [-0.3, -0.25) is 4.52 Å². The van der Waals surface area contributed by atoms with Crippen LogP contribution in [-0.4, -0.2) is 23.8 Å². The summed E-state index contributed by atoms with van der Waals surface area (Å²) in [7, 11) is -3.84. The third-order valence-corrected chi connectivity index (χ3v) is 3.37. The number of aromatic nitrogens is 2. The zero-order chi connectivity index (χ0) is 14.2. The second-order valence-corrected chi connectivity index (χ2v) is 5.96. The Morgan fingerprint density at radius 1 is 1.32 bits per heavy atom. The van der Waals surface area contributed by atoms with E-state index < -0.39 is 21.8 Å². The van der Waals surface area contributed by atoms with Crippen LogP contribution in [0.5, 0.6) is 11.8 Å². The van der Waals surface area contributed by atoms with Crippen molar-refractivity contribution in [3.05, 3.63) is 39.9 Å². The molecule has 0 saturated heterocycles. The molecule has 0 fully saturated rings. The van der Waals surface area contributed by atoms with Crippen molar-refractivity contribution in [2.24, 2.45) is 0 Å². The Morgan fingerprint density at radius 3 is 2.58 bits per heavy atom. The zero-order valence-electron chi connectivity index (χ0n) is 10.6. The molecule has 2 aromatic rings. The normalized spacial score (nSPS) is 11.5. The van der Waals surface area contributed by atoms with Crippen LogP contribution in [0, 0.1) is 13.8 Å². The van der Waals surface area contributed by atoms with Crippen molar-refractivity contribution in [2.75, 3.05) is 6.26 Å². The van der Waals surface area contributed by atoms with Crippen LogP contribution in [0.2, 0.25) is 0 Å². The van der Waals surface area contributed by atoms with Crippen molar-refractivity contribution in [2.45, 2.75) is 13.8 Å². The molecule has 0 aliphatic heterocycles. The highest BCUT2D eigenvalue weighted by Crippen LogP contribution is 2.24. The van der Waals surface area contributed by atoms with Crippen LogP contribution in [-0.2, 0) is 10.0 Å². The van der Waals surface area contributed by atoms with E-state index in [4.69, 9.17) is 4.74 Å². The molecule has 0 N–H and O–H groups in total. The first-order chi connectivity index (χ1) is 8.79. The summed E-state index contributed by atoms with van der Waals surface area (Å²) in [6, 6.07) is 4.90. The minimum absolute atomic E-state index is 0.367. The summed E-state index contributed by atoms with van der Waals surface area (Å²) in [6.07, 6.45) is 0.862. The minimum Gasteiger partial charge on any atom is -0.422 e. The first kappa shape index (κ1) is 13.3. The van der Waals surface area contributed by atoms with Gasteiger partial charge in [0.2, 0.25) is 10.0 Å². The molecule has 0 unspecified atom stereocenters. The lowest BCUT2D eigenvalue weighted by Crippen LogP contribution is -2.22. The largest absolute Gasteiger partial charge is 0.458 e. The monoisotopic (exact) mass is 284 g/mol. The van der Waals surface area contributed by atoms with Crippen molar-refractivity contribution in [1.82, 2.24) is 9.13 Å². The molecule has 8 heteroatoms. The molecule has 7 nitrogen and oxygen atoms in total. The number of hydrogen-bond acceptors (Lipinski definition) is 6. The Labute approximate surface area is 109 Å². The first-order valence-electron chi connectivity index (χ1n) is 5.33. The van der Waals surface area contributed by atoms with Gasteiger partial charge in [-0.25, -0.2) is 13.2 Å². The lowest BCUT2D eigenvalue weighted by molar-refractivity contribution is 0.350. The summed E-state index contributed by atoms with van der Waals surface area (Å²) in [4.78, 5) is 11.3. The van der Waals surface area contributed by atoms with E-state index in [0.29, 0.717) is 9.72 Å². The lowest BCUT2D eigenvalue weighted by atomic mass is 10.1. The highest BCUT2D eigenvalue weighted by molar-refractivity contribution is 7.89. The van der Waals surface area contributed by atoms with E-state index in [9.17, 15) is 13.2 Å². The molecule has 0 spiro atoms. The van der Waals surface area contributed by atoms with Gasteiger partial charge in [-0.2, -0.15) is 0 Å². The van der Waals surface area contributed by atoms with E-state index >= 15 is 0 Å². The number of ether oxygens (including phenoxy) is 1. The predicted molar refractivity (Wildman–Crippen MR) is 67.0 cm³/mol. The van der Waals surface area contributed by atoms with Crippen molar-refractivity contribution < 1.29 is 17.7 Å².